The van der Waals surface area contributed by atoms with Gasteiger partial charge in [0, 0.05) is 16.7 Å². The molecule has 0 heterocycles. The third-order valence-corrected chi connectivity index (χ3v) is 3.79. The first kappa shape index (κ1) is 21.1. The van der Waals surface area contributed by atoms with Crippen LogP contribution in [0.25, 0.3) is 0 Å². The lowest BCUT2D eigenvalue weighted by Crippen LogP contribution is -2.44. The summed E-state index contributed by atoms with van der Waals surface area (Å²) in [4.78, 5) is 0. The molecular formula is C17H38O3Si. The van der Waals surface area contributed by atoms with Crippen LogP contribution in [0.4, 0.5) is 0 Å². The van der Waals surface area contributed by atoms with Gasteiger partial charge >= 0.3 is 0 Å². The van der Waals surface area contributed by atoms with Crippen LogP contribution >= 0.6 is 0 Å². The average molecular weight is 319 g/mol. The first-order valence-electron chi connectivity index (χ1n) is 8.84. The molecule has 0 N–H and O–H groups in total. The van der Waals surface area contributed by atoms with E-state index in [1.54, 1.807) is 0 Å². The minimum absolute atomic E-state index is 0.0903. The lowest BCUT2D eigenvalue weighted by Gasteiger charge is -2.37. The van der Waals surface area contributed by atoms with Gasteiger partial charge in [-0.1, -0.05) is 31.7 Å². The van der Waals surface area contributed by atoms with Crippen molar-refractivity contribution in [1.82, 2.24) is 0 Å². The summed E-state index contributed by atoms with van der Waals surface area (Å²) in [6.45, 7) is 12.2. The Balaban J connectivity index is 4.51. The molecule has 4 heteroatoms. The summed E-state index contributed by atoms with van der Waals surface area (Å²) < 4.78 is 18.1. The smallest absolute Gasteiger partial charge is 0.283 e. The third kappa shape index (κ3) is 11.3. The molecule has 0 fully saturated rings. The Bertz CT molecular complexity index is 216. The number of ether oxygens (including phenoxy) is 3. The highest BCUT2D eigenvalue weighted by molar-refractivity contribution is 6.08. The van der Waals surface area contributed by atoms with E-state index in [1.165, 1.54) is 42.0 Å². The standard InChI is InChI=1S/C17H38O3Si/c1-14(2)18-17(19-15(3)4,20-16(5)6)12-10-8-7-9-11-13-21/h14-16H,7-13H2,1-6,21H3. The molecule has 0 rings (SSSR count). The van der Waals surface area contributed by atoms with Crippen LogP contribution in [0.15, 0.2) is 0 Å². The van der Waals surface area contributed by atoms with Gasteiger partial charge in [0.2, 0.25) is 0 Å². The van der Waals surface area contributed by atoms with Crippen LogP contribution in [0, 0.1) is 0 Å². The molecule has 0 aliphatic rings. The molecule has 3 nitrogen and oxygen atoms in total. The van der Waals surface area contributed by atoms with Gasteiger partial charge in [0.1, 0.15) is 0 Å². The van der Waals surface area contributed by atoms with E-state index < -0.39 is 5.97 Å². The van der Waals surface area contributed by atoms with Crippen molar-refractivity contribution in [2.45, 2.75) is 110 Å². The number of hydrogen-bond acceptors (Lipinski definition) is 3. The molecule has 0 radical (unpaired) electrons. The van der Waals surface area contributed by atoms with E-state index in [1.807, 2.05) is 41.5 Å². The predicted molar refractivity (Wildman–Crippen MR) is 93.8 cm³/mol. The monoisotopic (exact) mass is 318 g/mol. The van der Waals surface area contributed by atoms with Crippen molar-refractivity contribution in [3.8, 4) is 0 Å². The van der Waals surface area contributed by atoms with E-state index in [-0.39, 0.29) is 18.3 Å². The van der Waals surface area contributed by atoms with Crippen molar-refractivity contribution in [2.24, 2.45) is 0 Å². The van der Waals surface area contributed by atoms with Gasteiger partial charge < -0.3 is 14.2 Å². The van der Waals surface area contributed by atoms with E-state index in [0.717, 1.165) is 12.8 Å². The zero-order chi connectivity index (χ0) is 16.3. The largest absolute Gasteiger partial charge is 0.325 e. The Labute approximate surface area is 135 Å². The van der Waals surface area contributed by atoms with E-state index in [0.29, 0.717) is 0 Å². The normalized spacial score (nSPS) is 13.0. The maximum absolute atomic E-state index is 6.05. The second kappa shape index (κ2) is 11.6. The number of rotatable bonds is 13. The van der Waals surface area contributed by atoms with Crippen molar-refractivity contribution in [3.05, 3.63) is 0 Å². The van der Waals surface area contributed by atoms with E-state index >= 15 is 0 Å². The van der Waals surface area contributed by atoms with Gasteiger partial charge in [0.25, 0.3) is 5.97 Å². The van der Waals surface area contributed by atoms with Crippen LogP contribution < -0.4 is 0 Å². The second-order valence-electron chi connectivity index (χ2n) is 6.70. The van der Waals surface area contributed by atoms with Crippen LogP contribution in [0.3, 0.4) is 0 Å². The molecular weight excluding hydrogens is 280 g/mol. The van der Waals surface area contributed by atoms with Gasteiger partial charge in [-0.15, -0.1) is 0 Å². The first-order chi connectivity index (χ1) is 9.81. The molecule has 0 aromatic heterocycles. The summed E-state index contributed by atoms with van der Waals surface area (Å²) in [5, 5.41) is 0. The minimum atomic E-state index is -0.881. The molecule has 0 aromatic rings. The fourth-order valence-corrected chi connectivity index (χ4v) is 2.96. The van der Waals surface area contributed by atoms with Crippen molar-refractivity contribution in [2.75, 3.05) is 0 Å². The van der Waals surface area contributed by atoms with Gasteiger partial charge in [-0.3, -0.25) is 0 Å². The topological polar surface area (TPSA) is 27.7 Å². The van der Waals surface area contributed by atoms with Gasteiger partial charge in [0.15, 0.2) is 0 Å². The third-order valence-electron chi connectivity index (χ3n) is 3.08. The number of unbranched alkanes of at least 4 members (excludes halogenated alkanes) is 4. The average Bonchev–Trinajstić information content (AvgIpc) is 2.30. The van der Waals surface area contributed by atoms with Gasteiger partial charge in [-0.25, -0.2) is 0 Å². The molecule has 0 atom stereocenters. The molecule has 128 valence electrons. The Hall–Kier alpha value is 0.0969. The van der Waals surface area contributed by atoms with Crippen molar-refractivity contribution >= 4 is 10.2 Å². The summed E-state index contributed by atoms with van der Waals surface area (Å²) in [7, 11) is 1.34. The van der Waals surface area contributed by atoms with E-state index in [4.69, 9.17) is 14.2 Å². The Morgan fingerprint density at radius 1 is 0.667 bits per heavy atom. The SMILES string of the molecule is CC(C)OC(CCCCCCC[SiH3])(OC(C)C)OC(C)C. The molecule has 0 unspecified atom stereocenters. The van der Waals surface area contributed by atoms with Crippen molar-refractivity contribution < 1.29 is 14.2 Å². The molecule has 0 aromatic carbocycles. The molecule has 0 aliphatic carbocycles. The van der Waals surface area contributed by atoms with Crippen molar-refractivity contribution in [3.63, 3.8) is 0 Å². The van der Waals surface area contributed by atoms with E-state index in [2.05, 4.69) is 0 Å². The molecule has 0 aliphatic heterocycles. The maximum Gasteiger partial charge on any atom is 0.283 e. The fourth-order valence-electron chi connectivity index (χ4n) is 2.46. The molecule has 0 bridgehead atoms. The van der Waals surface area contributed by atoms with Crippen LogP contribution in [0.5, 0.6) is 0 Å². The number of hydrogen-bond donors (Lipinski definition) is 0. The zero-order valence-corrected chi connectivity index (χ0v) is 17.4. The molecule has 21 heavy (non-hydrogen) atoms. The lowest BCUT2D eigenvalue weighted by atomic mass is 10.1. The Kier molecular flexibility index (Phi) is 11.7. The second-order valence-corrected chi connectivity index (χ2v) is 7.70. The van der Waals surface area contributed by atoms with Crippen molar-refractivity contribution in [1.29, 1.82) is 0 Å². The summed E-state index contributed by atoms with van der Waals surface area (Å²) in [5.74, 6) is -0.881. The van der Waals surface area contributed by atoms with Gasteiger partial charge in [-0.2, -0.15) is 0 Å². The van der Waals surface area contributed by atoms with Crippen LogP contribution in [0.1, 0.15) is 80.1 Å². The molecule has 0 saturated heterocycles. The maximum atomic E-state index is 6.05. The molecule has 0 spiro atoms. The highest BCUT2D eigenvalue weighted by Crippen LogP contribution is 2.28. The quantitative estimate of drug-likeness (QED) is 0.291. The van der Waals surface area contributed by atoms with Gasteiger partial charge in [-0.05, 0) is 48.0 Å². The van der Waals surface area contributed by atoms with Crippen LogP contribution in [0.2, 0.25) is 6.04 Å². The lowest BCUT2D eigenvalue weighted by molar-refractivity contribution is -0.412. The summed E-state index contributed by atoms with van der Waals surface area (Å²) in [6, 6.07) is 1.42. The van der Waals surface area contributed by atoms with Gasteiger partial charge in [0.05, 0.1) is 18.3 Å². The zero-order valence-electron chi connectivity index (χ0n) is 15.4. The fraction of sp³-hybridized carbons (Fsp3) is 1.00. The predicted octanol–water partition coefficient (Wildman–Crippen LogP) is 4.04. The summed E-state index contributed by atoms with van der Waals surface area (Å²) in [6.07, 6.45) is 7.46. The van der Waals surface area contributed by atoms with E-state index in [9.17, 15) is 0 Å². The van der Waals surface area contributed by atoms with Crippen LogP contribution in [-0.4, -0.2) is 34.5 Å². The Morgan fingerprint density at radius 2 is 1.05 bits per heavy atom. The Morgan fingerprint density at radius 3 is 1.43 bits per heavy atom. The first-order valence-corrected chi connectivity index (χ1v) is 10.3. The highest BCUT2D eigenvalue weighted by atomic mass is 28.1. The summed E-state index contributed by atoms with van der Waals surface area (Å²) >= 11 is 0. The summed E-state index contributed by atoms with van der Waals surface area (Å²) in [5.41, 5.74) is 0. The molecule has 0 saturated carbocycles. The highest BCUT2D eigenvalue weighted by Gasteiger charge is 2.36. The minimum Gasteiger partial charge on any atom is -0.325 e. The van der Waals surface area contributed by atoms with Crippen LogP contribution in [-0.2, 0) is 14.2 Å². The molecule has 0 amide bonds.